The monoisotopic (exact) mass is 397 g/mol. The van der Waals surface area contributed by atoms with Crippen molar-refractivity contribution in [3.63, 3.8) is 0 Å². The van der Waals surface area contributed by atoms with Crippen LogP contribution in [0.15, 0.2) is 48.5 Å². The van der Waals surface area contributed by atoms with Crippen LogP contribution >= 0.6 is 0 Å². The van der Waals surface area contributed by atoms with Crippen LogP contribution in [-0.2, 0) is 9.53 Å². The number of hydrogen-bond donors (Lipinski definition) is 1. The molecule has 2 aromatic rings. The third kappa shape index (κ3) is 5.48. The van der Waals surface area contributed by atoms with E-state index in [0.717, 1.165) is 37.6 Å². The van der Waals surface area contributed by atoms with E-state index < -0.39 is 5.97 Å². The summed E-state index contributed by atoms with van der Waals surface area (Å²) in [5.74, 6) is 0.433. The number of amides is 1. The number of carbonyl (C=O) groups excluding carboxylic acids is 2. The predicted molar refractivity (Wildman–Crippen MR) is 113 cm³/mol. The molecule has 0 aromatic heterocycles. The zero-order chi connectivity index (χ0) is 20.6. The van der Waals surface area contributed by atoms with Gasteiger partial charge in [0.1, 0.15) is 5.75 Å². The summed E-state index contributed by atoms with van der Waals surface area (Å²) >= 11 is 0. The first-order valence-electron chi connectivity index (χ1n) is 9.78. The van der Waals surface area contributed by atoms with E-state index >= 15 is 0 Å². The number of nitrogens with one attached hydrogen (secondary N) is 1. The highest BCUT2D eigenvalue weighted by Crippen LogP contribution is 2.28. The highest BCUT2D eigenvalue weighted by atomic mass is 16.5. The first-order chi connectivity index (χ1) is 14.1. The largest absolute Gasteiger partial charge is 0.492 e. The van der Waals surface area contributed by atoms with Crippen LogP contribution < -0.4 is 15.0 Å². The molecule has 1 amide bonds. The highest BCUT2D eigenvalue weighted by Gasteiger charge is 2.21. The van der Waals surface area contributed by atoms with Gasteiger partial charge in [0, 0.05) is 31.9 Å². The second-order valence-electron chi connectivity index (χ2n) is 6.78. The zero-order valence-corrected chi connectivity index (χ0v) is 16.9. The molecule has 0 bridgehead atoms. The van der Waals surface area contributed by atoms with E-state index in [1.807, 2.05) is 25.1 Å². The molecule has 7 heteroatoms. The lowest BCUT2D eigenvalue weighted by molar-refractivity contribution is -0.117. The van der Waals surface area contributed by atoms with Gasteiger partial charge < -0.3 is 19.7 Å². The molecule has 7 nitrogen and oxygen atoms in total. The van der Waals surface area contributed by atoms with E-state index in [2.05, 4.69) is 25.9 Å². The van der Waals surface area contributed by atoms with Crippen LogP contribution in [0.2, 0.25) is 0 Å². The van der Waals surface area contributed by atoms with Crippen molar-refractivity contribution in [1.82, 2.24) is 4.90 Å². The Labute approximate surface area is 171 Å². The Morgan fingerprint density at radius 1 is 1.00 bits per heavy atom. The van der Waals surface area contributed by atoms with Crippen LogP contribution in [0.4, 0.5) is 11.4 Å². The number of ether oxygens (including phenoxy) is 2. The summed E-state index contributed by atoms with van der Waals surface area (Å²) in [6.45, 7) is 6.23. The average Bonchev–Trinajstić information content (AvgIpc) is 2.75. The van der Waals surface area contributed by atoms with Gasteiger partial charge in [0.15, 0.2) is 0 Å². The molecule has 0 aliphatic carbocycles. The number of rotatable bonds is 7. The van der Waals surface area contributed by atoms with Gasteiger partial charge in [-0.3, -0.25) is 9.69 Å². The van der Waals surface area contributed by atoms with Crippen molar-refractivity contribution in [2.24, 2.45) is 0 Å². The fourth-order valence-electron chi connectivity index (χ4n) is 3.35. The van der Waals surface area contributed by atoms with Crippen molar-refractivity contribution < 1.29 is 19.1 Å². The summed E-state index contributed by atoms with van der Waals surface area (Å²) in [4.78, 5) is 28.3. The van der Waals surface area contributed by atoms with E-state index in [9.17, 15) is 9.59 Å². The molecular formula is C22H27N3O4. The Bertz CT molecular complexity index is 830. The molecule has 3 rings (SSSR count). The lowest BCUT2D eigenvalue weighted by Crippen LogP contribution is -2.48. The predicted octanol–water partition coefficient (Wildman–Crippen LogP) is 2.63. The summed E-state index contributed by atoms with van der Waals surface area (Å²) in [5.41, 5.74) is 2.21. The maximum absolute atomic E-state index is 12.4. The molecule has 1 fully saturated rings. The Morgan fingerprint density at radius 3 is 2.34 bits per heavy atom. The third-order valence-corrected chi connectivity index (χ3v) is 4.84. The quantitative estimate of drug-likeness (QED) is 0.725. The van der Waals surface area contributed by atoms with E-state index in [4.69, 9.17) is 4.74 Å². The van der Waals surface area contributed by atoms with Gasteiger partial charge in [0.25, 0.3) is 0 Å². The Morgan fingerprint density at radius 2 is 1.69 bits per heavy atom. The molecule has 0 saturated carbocycles. The average molecular weight is 397 g/mol. The molecule has 29 heavy (non-hydrogen) atoms. The Balaban J connectivity index is 1.49. The number of esters is 1. The van der Waals surface area contributed by atoms with Crippen molar-refractivity contribution in [3.05, 3.63) is 54.1 Å². The second-order valence-corrected chi connectivity index (χ2v) is 6.78. The lowest BCUT2D eigenvalue weighted by atomic mass is 10.2. The molecule has 0 radical (unpaired) electrons. The van der Waals surface area contributed by atoms with Crippen molar-refractivity contribution >= 4 is 23.3 Å². The van der Waals surface area contributed by atoms with Crippen LogP contribution in [0.5, 0.6) is 5.75 Å². The first-order valence-corrected chi connectivity index (χ1v) is 9.78. The number of benzene rings is 2. The summed E-state index contributed by atoms with van der Waals surface area (Å²) in [6.07, 6.45) is 0. The molecule has 1 aliphatic rings. The van der Waals surface area contributed by atoms with Crippen LogP contribution in [0.25, 0.3) is 0 Å². The fourth-order valence-corrected chi connectivity index (χ4v) is 3.35. The summed E-state index contributed by atoms with van der Waals surface area (Å²) < 4.78 is 10.4. The SMILES string of the molecule is CCOc1ccccc1N1CCN(CC(=O)Nc2ccc(C(=O)OC)cc2)CC1. The minimum Gasteiger partial charge on any atom is -0.492 e. The van der Waals surface area contributed by atoms with Gasteiger partial charge in [-0.15, -0.1) is 0 Å². The summed E-state index contributed by atoms with van der Waals surface area (Å²) in [6, 6.07) is 14.7. The highest BCUT2D eigenvalue weighted by molar-refractivity contribution is 5.94. The van der Waals surface area contributed by atoms with Crippen LogP contribution in [0.3, 0.4) is 0 Å². The Hall–Kier alpha value is -3.06. The number of methoxy groups -OCH3 is 1. The van der Waals surface area contributed by atoms with Gasteiger partial charge in [0.05, 0.1) is 31.5 Å². The number of piperazine rings is 1. The van der Waals surface area contributed by atoms with Crippen LogP contribution in [0.1, 0.15) is 17.3 Å². The molecule has 2 aromatic carbocycles. The van der Waals surface area contributed by atoms with Gasteiger partial charge in [-0.05, 0) is 43.3 Å². The third-order valence-electron chi connectivity index (χ3n) is 4.84. The van der Waals surface area contributed by atoms with Crippen molar-refractivity contribution in [1.29, 1.82) is 0 Å². The Kier molecular flexibility index (Phi) is 7.08. The van der Waals surface area contributed by atoms with Crippen LogP contribution in [-0.4, -0.2) is 63.2 Å². The zero-order valence-electron chi connectivity index (χ0n) is 16.9. The molecule has 1 saturated heterocycles. The first kappa shape index (κ1) is 20.7. The number of nitrogens with zero attached hydrogens (tertiary/aromatic N) is 2. The maximum atomic E-state index is 12.4. The summed E-state index contributed by atoms with van der Waals surface area (Å²) in [7, 11) is 1.34. The number of hydrogen-bond acceptors (Lipinski definition) is 6. The van der Waals surface area contributed by atoms with Gasteiger partial charge in [-0.2, -0.15) is 0 Å². The topological polar surface area (TPSA) is 71.1 Å². The standard InChI is InChI=1S/C22H27N3O4/c1-3-29-20-7-5-4-6-19(20)25-14-12-24(13-15-25)16-21(26)23-18-10-8-17(9-11-18)22(27)28-2/h4-11H,3,12-16H2,1-2H3,(H,23,26). The van der Waals surface area contributed by atoms with Crippen LogP contribution in [0, 0.1) is 0 Å². The maximum Gasteiger partial charge on any atom is 0.337 e. The molecule has 0 spiro atoms. The number of anilines is 2. The van der Waals surface area contributed by atoms with Crippen molar-refractivity contribution in [2.75, 3.05) is 56.7 Å². The van der Waals surface area contributed by atoms with Gasteiger partial charge in [-0.1, -0.05) is 12.1 Å². The summed E-state index contributed by atoms with van der Waals surface area (Å²) in [5, 5.41) is 2.88. The van der Waals surface area contributed by atoms with E-state index in [1.54, 1.807) is 24.3 Å². The molecule has 1 N–H and O–H groups in total. The van der Waals surface area contributed by atoms with E-state index in [0.29, 0.717) is 24.4 Å². The van der Waals surface area contributed by atoms with Gasteiger partial charge >= 0.3 is 5.97 Å². The van der Waals surface area contributed by atoms with E-state index in [1.165, 1.54) is 7.11 Å². The molecule has 0 unspecified atom stereocenters. The molecule has 0 atom stereocenters. The lowest BCUT2D eigenvalue weighted by Gasteiger charge is -2.36. The normalized spacial score (nSPS) is 14.3. The van der Waals surface area contributed by atoms with E-state index in [-0.39, 0.29) is 5.91 Å². The minimum atomic E-state index is -0.397. The molecule has 1 heterocycles. The number of para-hydroxylation sites is 2. The fraction of sp³-hybridized carbons (Fsp3) is 0.364. The number of carbonyl (C=O) groups is 2. The van der Waals surface area contributed by atoms with Gasteiger partial charge in [0.2, 0.25) is 5.91 Å². The van der Waals surface area contributed by atoms with Crippen molar-refractivity contribution in [3.8, 4) is 5.75 Å². The second kappa shape index (κ2) is 9.93. The van der Waals surface area contributed by atoms with Crippen molar-refractivity contribution in [2.45, 2.75) is 6.92 Å². The molecule has 1 aliphatic heterocycles. The molecule has 154 valence electrons. The minimum absolute atomic E-state index is 0.0704. The van der Waals surface area contributed by atoms with Gasteiger partial charge in [-0.25, -0.2) is 4.79 Å². The molecular weight excluding hydrogens is 370 g/mol. The smallest absolute Gasteiger partial charge is 0.337 e.